The molecule has 0 saturated heterocycles. The van der Waals surface area contributed by atoms with E-state index in [1.165, 1.54) is 18.5 Å². The van der Waals surface area contributed by atoms with Crippen LogP contribution in [0.4, 0.5) is 0 Å². The zero-order chi connectivity index (χ0) is 15.4. The van der Waals surface area contributed by atoms with Gasteiger partial charge in [-0.15, -0.1) is 0 Å². The number of aliphatic carboxylic acids is 1. The fraction of sp³-hybridized carbons (Fsp3) is 0.500. The van der Waals surface area contributed by atoms with Gasteiger partial charge in [-0.25, -0.2) is 13.1 Å². The van der Waals surface area contributed by atoms with E-state index in [1.807, 2.05) is 0 Å². The van der Waals surface area contributed by atoms with Gasteiger partial charge < -0.3 is 5.11 Å². The normalized spacial score (nSPS) is 12.3. The van der Waals surface area contributed by atoms with Crippen molar-refractivity contribution in [3.8, 4) is 0 Å². The first kappa shape index (κ1) is 17.1. The highest BCUT2D eigenvalue weighted by molar-refractivity contribution is 9.10. The number of carbonyl (C=O) groups is 1. The lowest BCUT2D eigenvalue weighted by molar-refractivity contribution is -0.149. The maximum absolute atomic E-state index is 12.1. The van der Waals surface area contributed by atoms with Crippen LogP contribution in [0.3, 0.4) is 0 Å². The van der Waals surface area contributed by atoms with Crippen LogP contribution in [0.15, 0.2) is 27.8 Å². The second-order valence-corrected chi connectivity index (χ2v) is 7.14. The van der Waals surface area contributed by atoms with Gasteiger partial charge in [-0.3, -0.25) is 9.78 Å². The Morgan fingerprint density at radius 3 is 2.45 bits per heavy atom. The van der Waals surface area contributed by atoms with Crippen molar-refractivity contribution in [1.29, 1.82) is 0 Å². The number of pyridine rings is 1. The second kappa shape index (κ2) is 6.64. The van der Waals surface area contributed by atoms with Crippen molar-refractivity contribution >= 4 is 31.9 Å². The summed E-state index contributed by atoms with van der Waals surface area (Å²) in [4.78, 5) is 15.1. The summed E-state index contributed by atoms with van der Waals surface area (Å²) in [5, 5.41) is 9.28. The lowest BCUT2D eigenvalue weighted by atomic mass is 9.83. The van der Waals surface area contributed by atoms with Crippen molar-refractivity contribution in [2.24, 2.45) is 5.41 Å². The molecule has 0 spiro atoms. The van der Waals surface area contributed by atoms with Crippen LogP contribution in [0.25, 0.3) is 0 Å². The molecule has 0 aromatic carbocycles. The summed E-state index contributed by atoms with van der Waals surface area (Å²) < 4.78 is 27.1. The van der Waals surface area contributed by atoms with Crippen molar-refractivity contribution in [2.75, 3.05) is 6.54 Å². The van der Waals surface area contributed by atoms with Crippen LogP contribution >= 0.6 is 15.9 Å². The Balaban J connectivity index is 2.95. The summed E-state index contributed by atoms with van der Waals surface area (Å²) in [7, 11) is -3.78. The Morgan fingerprint density at radius 2 is 2.00 bits per heavy atom. The lowest BCUT2D eigenvalue weighted by Crippen LogP contribution is -2.42. The molecule has 0 amide bonds. The third-order valence-electron chi connectivity index (χ3n) is 3.40. The molecule has 1 rings (SSSR count). The predicted octanol–water partition coefficient (Wildman–Crippen LogP) is 2.01. The molecule has 0 fully saturated rings. The van der Waals surface area contributed by atoms with Gasteiger partial charge in [0.2, 0.25) is 10.0 Å². The van der Waals surface area contributed by atoms with Gasteiger partial charge in [-0.2, -0.15) is 0 Å². The lowest BCUT2D eigenvalue weighted by Gasteiger charge is -2.26. The maximum atomic E-state index is 12.1. The van der Waals surface area contributed by atoms with E-state index in [2.05, 4.69) is 25.6 Å². The second-order valence-electron chi connectivity index (χ2n) is 4.46. The van der Waals surface area contributed by atoms with Gasteiger partial charge in [-0.05, 0) is 34.8 Å². The van der Waals surface area contributed by atoms with E-state index >= 15 is 0 Å². The molecular formula is C12H17BrN2O4S. The Kier molecular flexibility index (Phi) is 5.67. The van der Waals surface area contributed by atoms with Gasteiger partial charge in [0, 0.05) is 23.4 Å². The van der Waals surface area contributed by atoms with Crippen LogP contribution in [0.2, 0.25) is 0 Å². The van der Waals surface area contributed by atoms with Gasteiger partial charge in [0.05, 0.1) is 5.41 Å². The van der Waals surface area contributed by atoms with Crippen LogP contribution in [-0.2, 0) is 14.8 Å². The third-order valence-corrected chi connectivity index (χ3v) is 5.20. The molecule has 6 nitrogen and oxygen atoms in total. The summed E-state index contributed by atoms with van der Waals surface area (Å²) in [5.41, 5.74) is -1.09. The quantitative estimate of drug-likeness (QED) is 0.771. The summed E-state index contributed by atoms with van der Waals surface area (Å²) in [6.07, 6.45) is 3.38. The summed E-state index contributed by atoms with van der Waals surface area (Å²) in [6, 6.07) is 1.41. The zero-order valence-electron chi connectivity index (χ0n) is 11.3. The van der Waals surface area contributed by atoms with Gasteiger partial charge in [-0.1, -0.05) is 13.8 Å². The Hall–Kier alpha value is -0.990. The van der Waals surface area contributed by atoms with Crippen molar-refractivity contribution in [1.82, 2.24) is 9.71 Å². The van der Waals surface area contributed by atoms with E-state index in [-0.39, 0.29) is 11.4 Å². The van der Waals surface area contributed by atoms with Crippen molar-refractivity contribution in [3.63, 3.8) is 0 Å². The predicted molar refractivity (Wildman–Crippen MR) is 77.8 cm³/mol. The fourth-order valence-electron chi connectivity index (χ4n) is 1.73. The Bertz CT molecular complexity index is 585. The number of hydrogen-bond acceptors (Lipinski definition) is 4. The van der Waals surface area contributed by atoms with Crippen LogP contribution in [0.5, 0.6) is 0 Å². The standard InChI is InChI=1S/C12H17BrN2O4S/c1-3-12(4-2,11(16)17)8-15-20(18,19)10-5-9(13)6-14-7-10/h5-7,15H,3-4,8H2,1-2H3,(H,16,17). The molecule has 0 aliphatic rings. The van der Waals surface area contributed by atoms with Gasteiger partial charge in [0.25, 0.3) is 0 Å². The molecule has 0 aliphatic carbocycles. The zero-order valence-corrected chi connectivity index (χ0v) is 13.7. The number of sulfonamides is 1. The molecular weight excluding hydrogens is 348 g/mol. The number of nitrogens with zero attached hydrogens (tertiary/aromatic N) is 1. The molecule has 2 N–H and O–H groups in total. The molecule has 1 aromatic rings. The Morgan fingerprint density at radius 1 is 1.40 bits per heavy atom. The molecule has 0 radical (unpaired) electrons. The van der Waals surface area contributed by atoms with Crippen molar-refractivity contribution in [2.45, 2.75) is 31.6 Å². The minimum atomic E-state index is -3.78. The van der Waals surface area contributed by atoms with E-state index in [9.17, 15) is 18.3 Å². The molecule has 112 valence electrons. The van der Waals surface area contributed by atoms with E-state index in [1.54, 1.807) is 13.8 Å². The summed E-state index contributed by atoms with van der Waals surface area (Å²) in [5.74, 6) is -1.00. The number of carboxylic acid groups (broad SMARTS) is 1. The topological polar surface area (TPSA) is 96.4 Å². The average Bonchev–Trinajstić information content (AvgIpc) is 2.40. The highest BCUT2D eigenvalue weighted by Crippen LogP contribution is 2.26. The molecule has 0 atom stereocenters. The number of carboxylic acids is 1. The highest BCUT2D eigenvalue weighted by atomic mass is 79.9. The number of aromatic nitrogens is 1. The fourth-order valence-corrected chi connectivity index (χ4v) is 3.36. The van der Waals surface area contributed by atoms with Crippen molar-refractivity contribution in [3.05, 3.63) is 22.9 Å². The molecule has 0 saturated carbocycles. The summed E-state index contributed by atoms with van der Waals surface area (Å²) >= 11 is 3.15. The molecule has 0 aliphatic heterocycles. The minimum Gasteiger partial charge on any atom is -0.481 e. The van der Waals surface area contributed by atoms with E-state index in [0.717, 1.165) is 0 Å². The number of rotatable bonds is 7. The number of nitrogens with one attached hydrogen (secondary N) is 1. The molecule has 0 bridgehead atoms. The molecule has 1 aromatic heterocycles. The van der Waals surface area contributed by atoms with Crippen molar-refractivity contribution < 1.29 is 18.3 Å². The highest BCUT2D eigenvalue weighted by Gasteiger charge is 2.36. The van der Waals surface area contributed by atoms with Crippen LogP contribution in [0, 0.1) is 5.41 Å². The van der Waals surface area contributed by atoms with Gasteiger partial charge in [0.1, 0.15) is 4.90 Å². The van der Waals surface area contributed by atoms with Crippen LogP contribution in [0.1, 0.15) is 26.7 Å². The first-order valence-corrected chi connectivity index (χ1v) is 8.38. The summed E-state index contributed by atoms with van der Waals surface area (Å²) in [6.45, 7) is 3.31. The first-order valence-electron chi connectivity index (χ1n) is 6.11. The van der Waals surface area contributed by atoms with Crippen LogP contribution in [-0.4, -0.2) is 31.0 Å². The molecule has 0 unspecified atom stereocenters. The monoisotopic (exact) mass is 364 g/mol. The maximum Gasteiger partial charge on any atom is 0.310 e. The molecule has 8 heteroatoms. The largest absolute Gasteiger partial charge is 0.481 e. The molecule has 1 heterocycles. The Labute approximate surface area is 126 Å². The van der Waals surface area contributed by atoms with E-state index in [0.29, 0.717) is 17.3 Å². The molecule has 20 heavy (non-hydrogen) atoms. The van der Waals surface area contributed by atoms with Gasteiger partial charge in [0.15, 0.2) is 0 Å². The minimum absolute atomic E-state index is 0.00151. The first-order chi connectivity index (χ1) is 9.27. The van der Waals surface area contributed by atoms with Crippen LogP contribution < -0.4 is 4.72 Å². The average molecular weight is 365 g/mol. The van der Waals surface area contributed by atoms with Gasteiger partial charge >= 0.3 is 5.97 Å². The number of halogens is 1. The smallest absolute Gasteiger partial charge is 0.310 e. The SMILES string of the molecule is CCC(CC)(CNS(=O)(=O)c1cncc(Br)c1)C(=O)O. The number of hydrogen-bond donors (Lipinski definition) is 2. The van der Waals surface area contributed by atoms with E-state index in [4.69, 9.17) is 0 Å². The van der Waals surface area contributed by atoms with E-state index < -0.39 is 21.4 Å². The third kappa shape index (κ3) is 3.77.